The van der Waals surface area contributed by atoms with Crippen LogP contribution in [0.25, 0.3) is 0 Å². The molecule has 0 saturated heterocycles. The van der Waals surface area contributed by atoms with Gasteiger partial charge in [0, 0.05) is 12.1 Å². The van der Waals surface area contributed by atoms with E-state index in [0.29, 0.717) is 18.7 Å². The first-order valence-electron chi connectivity index (χ1n) is 7.24. The third kappa shape index (κ3) is 3.44. The highest BCUT2D eigenvalue weighted by molar-refractivity contribution is 5.73. The van der Waals surface area contributed by atoms with E-state index in [1.165, 1.54) is 32.1 Å². The summed E-state index contributed by atoms with van der Waals surface area (Å²) in [6.45, 7) is 2.39. The van der Waals surface area contributed by atoms with E-state index in [0.717, 1.165) is 19.3 Å². The fourth-order valence-corrected chi connectivity index (χ4v) is 3.26. The Balaban J connectivity index is 1.83. The standard InChI is InChI=1S/C14H25NO2/c1-2-17-14(16)12-9-6-10-13(12)15-11-7-4-3-5-8-11/h11-13,15H,2-10H2,1H3/t12-,13-/m0/s1. The van der Waals surface area contributed by atoms with Crippen molar-refractivity contribution >= 4 is 5.97 Å². The van der Waals surface area contributed by atoms with Crippen LogP contribution in [-0.2, 0) is 9.53 Å². The molecule has 3 nitrogen and oxygen atoms in total. The lowest BCUT2D eigenvalue weighted by molar-refractivity contribution is -0.148. The van der Waals surface area contributed by atoms with E-state index < -0.39 is 0 Å². The highest BCUT2D eigenvalue weighted by Gasteiger charge is 2.35. The molecule has 0 heterocycles. The van der Waals surface area contributed by atoms with Crippen LogP contribution in [0.1, 0.15) is 58.3 Å². The molecule has 2 atom stereocenters. The summed E-state index contributed by atoms with van der Waals surface area (Å²) in [6, 6.07) is 1.01. The molecule has 3 heteroatoms. The summed E-state index contributed by atoms with van der Waals surface area (Å²) in [7, 11) is 0. The number of hydrogen-bond donors (Lipinski definition) is 1. The lowest BCUT2D eigenvalue weighted by Crippen LogP contribution is -2.43. The van der Waals surface area contributed by atoms with Gasteiger partial charge >= 0.3 is 5.97 Å². The second-order valence-corrected chi connectivity index (χ2v) is 5.40. The molecule has 0 aromatic rings. The predicted octanol–water partition coefficient (Wildman–Crippen LogP) is 2.64. The normalized spacial score (nSPS) is 30.4. The average molecular weight is 239 g/mol. The first-order chi connectivity index (χ1) is 8.31. The fourth-order valence-electron chi connectivity index (χ4n) is 3.26. The van der Waals surface area contributed by atoms with Gasteiger partial charge in [0.2, 0.25) is 0 Å². The minimum absolute atomic E-state index is 0.0123. The largest absolute Gasteiger partial charge is 0.466 e. The zero-order valence-electron chi connectivity index (χ0n) is 10.9. The summed E-state index contributed by atoms with van der Waals surface area (Å²) in [5.74, 6) is 0.121. The van der Waals surface area contributed by atoms with Crippen molar-refractivity contribution in [2.75, 3.05) is 6.61 Å². The Morgan fingerprint density at radius 2 is 1.88 bits per heavy atom. The zero-order chi connectivity index (χ0) is 12.1. The van der Waals surface area contributed by atoms with Gasteiger partial charge in [-0.25, -0.2) is 0 Å². The van der Waals surface area contributed by atoms with Crippen LogP contribution in [0, 0.1) is 5.92 Å². The molecule has 0 radical (unpaired) electrons. The molecule has 2 fully saturated rings. The van der Waals surface area contributed by atoms with E-state index in [4.69, 9.17) is 4.74 Å². The molecule has 0 amide bonds. The Morgan fingerprint density at radius 3 is 2.59 bits per heavy atom. The maximum absolute atomic E-state index is 11.8. The summed E-state index contributed by atoms with van der Waals surface area (Å²) in [5, 5.41) is 3.71. The molecule has 0 unspecified atom stereocenters. The van der Waals surface area contributed by atoms with E-state index >= 15 is 0 Å². The van der Waals surface area contributed by atoms with E-state index in [1.54, 1.807) is 0 Å². The highest BCUT2D eigenvalue weighted by Crippen LogP contribution is 2.29. The minimum Gasteiger partial charge on any atom is -0.466 e. The molecule has 1 N–H and O–H groups in total. The van der Waals surface area contributed by atoms with Crippen molar-refractivity contribution < 1.29 is 9.53 Å². The topological polar surface area (TPSA) is 38.3 Å². The molecule has 2 saturated carbocycles. The quantitative estimate of drug-likeness (QED) is 0.766. The van der Waals surface area contributed by atoms with Gasteiger partial charge in [0.1, 0.15) is 0 Å². The van der Waals surface area contributed by atoms with Gasteiger partial charge in [-0.05, 0) is 32.6 Å². The smallest absolute Gasteiger partial charge is 0.310 e. The molecule has 98 valence electrons. The molecule has 2 rings (SSSR count). The Kier molecular flexibility index (Phi) is 4.84. The average Bonchev–Trinajstić information content (AvgIpc) is 2.79. The van der Waals surface area contributed by atoms with Gasteiger partial charge in [-0.1, -0.05) is 25.7 Å². The van der Waals surface area contributed by atoms with Gasteiger partial charge in [-0.15, -0.1) is 0 Å². The van der Waals surface area contributed by atoms with Gasteiger partial charge in [-0.3, -0.25) is 4.79 Å². The van der Waals surface area contributed by atoms with Crippen molar-refractivity contribution in [3.8, 4) is 0 Å². The van der Waals surface area contributed by atoms with Crippen LogP contribution < -0.4 is 5.32 Å². The van der Waals surface area contributed by atoms with E-state index in [-0.39, 0.29) is 11.9 Å². The number of ether oxygens (including phenoxy) is 1. The summed E-state index contributed by atoms with van der Waals surface area (Å²) in [5.41, 5.74) is 0. The highest BCUT2D eigenvalue weighted by atomic mass is 16.5. The van der Waals surface area contributed by atoms with Crippen LogP contribution >= 0.6 is 0 Å². The van der Waals surface area contributed by atoms with Crippen LogP contribution in [-0.4, -0.2) is 24.7 Å². The van der Waals surface area contributed by atoms with Gasteiger partial charge in [0.25, 0.3) is 0 Å². The summed E-state index contributed by atoms with van der Waals surface area (Å²) in [6.07, 6.45) is 9.93. The zero-order valence-corrected chi connectivity index (χ0v) is 10.9. The van der Waals surface area contributed by atoms with Crippen molar-refractivity contribution in [2.24, 2.45) is 5.92 Å². The fraction of sp³-hybridized carbons (Fsp3) is 0.929. The van der Waals surface area contributed by atoms with Crippen LogP contribution in [0.3, 0.4) is 0 Å². The molecule has 17 heavy (non-hydrogen) atoms. The van der Waals surface area contributed by atoms with Crippen molar-refractivity contribution in [1.29, 1.82) is 0 Å². The summed E-state index contributed by atoms with van der Waals surface area (Å²) >= 11 is 0. The molecular formula is C14H25NO2. The van der Waals surface area contributed by atoms with Crippen molar-refractivity contribution in [1.82, 2.24) is 5.32 Å². The number of esters is 1. The predicted molar refractivity (Wildman–Crippen MR) is 67.8 cm³/mol. The molecule has 0 aromatic carbocycles. The van der Waals surface area contributed by atoms with Gasteiger partial charge < -0.3 is 10.1 Å². The molecule has 0 spiro atoms. The molecule has 0 aromatic heterocycles. The molecule has 2 aliphatic carbocycles. The Labute approximate surface area is 104 Å². The number of carbonyl (C=O) groups is 1. The first kappa shape index (κ1) is 12.9. The van der Waals surface area contributed by atoms with Crippen LogP contribution in [0.15, 0.2) is 0 Å². The molecule has 0 aliphatic heterocycles. The monoisotopic (exact) mass is 239 g/mol. The van der Waals surface area contributed by atoms with Crippen molar-refractivity contribution in [3.63, 3.8) is 0 Å². The van der Waals surface area contributed by atoms with Gasteiger partial charge in [-0.2, -0.15) is 0 Å². The van der Waals surface area contributed by atoms with Gasteiger partial charge in [0.15, 0.2) is 0 Å². The summed E-state index contributed by atoms with van der Waals surface area (Å²) in [4.78, 5) is 11.8. The number of nitrogens with one attached hydrogen (secondary N) is 1. The second kappa shape index (κ2) is 6.39. The van der Waals surface area contributed by atoms with Crippen LogP contribution in [0.4, 0.5) is 0 Å². The number of hydrogen-bond acceptors (Lipinski definition) is 3. The van der Waals surface area contributed by atoms with Crippen molar-refractivity contribution in [2.45, 2.75) is 70.4 Å². The third-order valence-corrected chi connectivity index (χ3v) is 4.16. The molecular weight excluding hydrogens is 214 g/mol. The summed E-state index contributed by atoms with van der Waals surface area (Å²) < 4.78 is 5.17. The molecule has 2 aliphatic rings. The number of carbonyl (C=O) groups excluding carboxylic acids is 1. The Morgan fingerprint density at radius 1 is 1.12 bits per heavy atom. The maximum Gasteiger partial charge on any atom is 0.310 e. The van der Waals surface area contributed by atoms with Crippen molar-refractivity contribution in [3.05, 3.63) is 0 Å². The SMILES string of the molecule is CCOC(=O)[C@H]1CCC[C@@H]1NC1CCCCC1. The maximum atomic E-state index is 11.8. The lowest BCUT2D eigenvalue weighted by Gasteiger charge is -2.28. The van der Waals surface area contributed by atoms with E-state index in [1.807, 2.05) is 6.92 Å². The van der Waals surface area contributed by atoms with E-state index in [9.17, 15) is 4.79 Å². The minimum atomic E-state index is 0.0123. The number of rotatable bonds is 4. The third-order valence-electron chi connectivity index (χ3n) is 4.16. The Hall–Kier alpha value is -0.570. The Bertz CT molecular complexity index is 249. The van der Waals surface area contributed by atoms with Crippen LogP contribution in [0.5, 0.6) is 0 Å². The van der Waals surface area contributed by atoms with Crippen LogP contribution in [0.2, 0.25) is 0 Å². The van der Waals surface area contributed by atoms with Gasteiger partial charge in [0.05, 0.1) is 12.5 Å². The molecule has 0 bridgehead atoms. The second-order valence-electron chi connectivity index (χ2n) is 5.40. The van der Waals surface area contributed by atoms with E-state index in [2.05, 4.69) is 5.32 Å². The first-order valence-corrected chi connectivity index (χ1v) is 7.24. The lowest BCUT2D eigenvalue weighted by atomic mass is 9.93.